The van der Waals surface area contributed by atoms with Crippen molar-refractivity contribution in [2.45, 2.75) is 33.2 Å². The maximum atomic E-state index is 13.1. The number of nitrogens with one attached hydrogen (secondary N) is 1. The number of carbonyl (C=O) groups is 1. The van der Waals surface area contributed by atoms with Crippen molar-refractivity contribution in [1.29, 1.82) is 0 Å². The fraction of sp³-hybridized carbons (Fsp3) is 0.208. The van der Waals surface area contributed by atoms with E-state index in [4.69, 9.17) is 5.10 Å². The molecule has 0 bridgehead atoms. The number of nitrogens with zero attached hydrogens (tertiary/aromatic N) is 3. The number of hydrogen-bond acceptors (Lipinski definition) is 3. The predicted molar refractivity (Wildman–Crippen MR) is 115 cm³/mol. The molecule has 2 aromatic carbocycles. The Hall–Kier alpha value is -3.54. The number of carbonyl (C=O) groups excluding carboxylic acids is 1. The molecular weight excluding hydrogens is 379 g/mol. The van der Waals surface area contributed by atoms with Gasteiger partial charge in [-0.15, -0.1) is 0 Å². The zero-order valence-electron chi connectivity index (χ0n) is 17.0. The largest absolute Gasteiger partial charge is 0.348 e. The molecule has 5 nitrogen and oxygen atoms in total. The molecule has 1 N–H and O–H groups in total. The average Bonchev–Trinajstić information content (AvgIpc) is 3.10. The summed E-state index contributed by atoms with van der Waals surface area (Å²) in [4.78, 5) is 17.5. The Labute approximate surface area is 174 Å². The first-order valence-corrected chi connectivity index (χ1v) is 10.0. The highest BCUT2D eigenvalue weighted by atomic mass is 19.1. The molecule has 0 aliphatic rings. The van der Waals surface area contributed by atoms with Crippen LogP contribution in [0.25, 0.3) is 16.8 Å². The van der Waals surface area contributed by atoms with Crippen LogP contribution in [0.1, 0.15) is 40.7 Å². The third-order valence-corrected chi connectivity index (χ3v) is 5.08. The number of halogens is 1. The Morgan fingerprint density at radius 2 is 1.83 bits per heavy atom. The highest BCUT2D eigenvalue weighted by molar-refractivity contribution is 5.95. The van der Waals surface area contributed by atoms with E-state index in [2.05, 4.69) is 17.2 Å². The number of amides is 1. The van der Waals surface area contributed by atoms with E-state index in [-0.39, 0.29) is 11.7 Å². The quantitative estimate of drug-likeness (QED) is 0.507. The average molecular weight is 402 g/mol. The van der Waals surface area contributed by atoms with Crippen LogP contribution < -0.4 is 5.32 Å². The van der Waals surface area contributed by atoms with Crippen molar-refractivity contribution in [3.05, 3.63) is 89.1 Å². The zero-order valence-corrected chi connectivity index (χ0v) is 17.0. The van der Waals surface area contributed by atoms with E-state index in [0.717, 1.165) is 40.1 Å². The fourth-order valence-corrected chi connectivity index (χ4v) is 3.63. The lowest BCUT2D eigenvalue weighted by Gasteiger charge is -2.11. The molecule has 0 saturated carbocycles. The van der Waals surface area contributed by atoms with Gasteiger partial charge in [0, 0.05) is 18.3 Å². The standard InChI is InChI=1S/C24H23FN4O/c1-3-7-21-20(24(30)27-14-17-10-12-19(25)13-11-17)15-26-23-22(16(2)28-29(21)23)18-8-5-4-6-9-18/h4-6,8-13,15H,3,7,14H2,1-2H3,(H,27,30). The van der Waals surface area contributed by atoms with Crippen molar-refractivity contribution in [2.24, 2.45) is 0 Å². The molecule has 0 atom stereocenters. The monoisotopic (exact) mass is 402 g/mol. The van der Waals surface area contributed by atoms with Crippen LogP contribution in [-0.2, 0) is 13.0 Å². The molecule has 2 aromatic heterocycles. The Morgan fingerprint density at radius 3 is 2.53 bits per heavy atom. The van der Waals surface area contributed by atoms with Gasteiger partial charge in [0.2, 0.25) is 0 Å². The van der Waals surface area contributed by atoms with Gasteiger partial charge >= 0.3 is 0 Å². The zero-order chi connectivity index (χ0) is 21.1. The first kappa shape index (κ1) is 19.8. The van der Waals surface area contributed by atoms with Gasteiger partial charge in [0.1, 0.15) is 5.82 Å². The summed E-state index contributed by atoms with van der Waals surface area (Å²) >= 11 is 0. The van der Waals surface area contributed by atoms with Gasteiger partial charge in [-0.1, -0.05) is 55.8 Å². The van der Waals surface area contributed by atoms with Gasteiger partial charge in [0.05, 0.1) is 17.0 Å². The molecule has 2 heterocycles. The summed E-state index contributed by atoms with van der Waals surface area (Å²) in [6.45, 7) is 4.35. The lowest BCUT2D eigenvalue weighted by atomic mass is 10.1. The topological polar surface area (TPSA) is 59.3 Å². The third-order valence-electron chi connectivity index (χ3n) is 5.08. The Balaban J connectivity index is 1.70. The minimum Gasteiger partial charge on any atom is -0.348 e. The SMILES string of the molecule is CCCc1c(C(=O)NCc2ccc(F)cc2)cnc2c(-c3ccccc3)c(C)nn12. The van der Waals surface area contributed by atoms with E-state index in [1.54, 1.807) is 22.8 Å². The van der Waals surface area contributed by atoms with Gasteiger partial charge in [0.15, 0.2) is 5.65 Å². The third kappa shape index (κ3) is 3.81. The van der Waals surface area contributed by atoms with Crippen molar-refractivity contribution < 1.29 is 9.18 Å². The molecule has 0 spiro atoms. The molecule has 6 heteroatoms. The molecule has 30 heavy (non-hydrogen) atoms. The molecule has 4 rings (SSSR count). The molecule has 152 valence electrons. The molecule has 1 amide bonds. The predicted octanol–water partition coefficient (Wildman–Crippen LogP) is 4.73. The molecule has 0 radical (unpaired) electrons. The van der Waals surface area contributed by atoms with E-state index in [1.165, 1.54) is 12.1 Å². The summed E-state index contributed by atoms with van der Waals surface area (Å²) in [7, 11) is 0. The van der Waals surface area contributed by atoms with Gasteiger partial charge in [0.25, 0.3) is 5.91 Å². The van der Waals surface area contributed by atoms with E-state index in [0.29, 0.717) is 18.5 Å². The minimum absolute atomic E-state index is 0.216. The van der Waals surface area contributed by atoms with Crippen molar-refractivity contribution in [2.75, 3.05) is 0 Å². The maximum absolute atomic E-state index is 13.1. The van der Waals surface area contributed by atoms with Gasteiger partial charge in [-0.25, -0.2) is 13.9 Å². The lowest BCUT2D eigenvalue weighted by Crippen LogP contribution is -2.25. The number of hydrogen-bond donors (Lipinski definition) is 1. The second-order valence-corrected chi connectivity index (χ2v) is 7.24. The minimum atomic E-state index is -0.298. The van der Waals surface area contributed by atoms with Crippen LogP contribution in [0.3, 0.4) is 0 Å². The Kier molecular flexibility index (Phi) is 5.57. The molecule has 4 aromatic rings. The smallest absolute Gasteiger partial charge is 0.254 e. The van der Waals surface area contributed by atoms with E-state index < -0.39 is 0 Å². The normalized spacial score (nSPS) is 11.0. The van der Waals surface area contributed by atoms with Gasteiger partial charge in [-0.05, 0) is 36.6 Å². The van der Waals surface area contributed by atoms with Crippen molar-refractivity contribution >= 4 is 11.6 Å². The van der Waals surface area contributed by atoms with Crippen molar-refractivity contribution in [3.63, 3.8) is 0 Å². The summed E-state index contributed by atoms with van der Waals surface area (Å²) in [6.07, 6.45) is 3.21. The fourth-order valence-electron chi connectivity index (χ4n) is 3.63. The molecule has 0 aliphatic carbocycles. The summed E-state index contributed by atoms with van der Waals surface area (Å²) < 4.78 is 14.9. The highest BCUT2D eigenvalue weighted by Gasteiger charge is 2.20. The highest BCUT2D eigenvalue weighted by Crippen LogP contribution is 2.28. The molecule has 0 saturated heterocycles. The van der Waals surface area contributed by atoms with E-state index in [9.17, 15) is 9.18 Å². The van der Waals surface area contributed by atoms with Crippen LogP contribution in [0, 0.1) is 12.7 Å². The Bertz CT molecular complexity index is 1180. The number of aryl methyl sites for hydroxylation is 2. The first-order chi connectivity index (χ1) is 14.6. The van der Waals surface area contributed by atoms with Crippen LogP contribution >= 0.6 is 0 Å². The summed E-state index contributed by atoms with van der Waals surface area (Å²) in [5.74, 6) is -0.514. The first-order valence-electron chi connectivity index (χ1n) is 10.0. The summed E-state index contributed by atoms with van der Waals surface area (Å²) in [5, 5.41) is 7.62. The molecule has 0 unspecified atom stereocenters. The van der Waals surface area contributed by atoms with Crippen LogP contribution in [-0.4, -0.2) is 20.5 Å². The van der Waals surface area contributed by atoms with Gasteiger partial charge in [-0.3, -0.25) is 4.79 Å². The lowest BCUT2D eigenvalue weighted by molar-refractivity contribution is 0.0949. The van der Waals surface area contributed by atoms with E-state index in [1.807, 2.05) is 37.3 Å². The van der Waals surface area contributed by atoms with Crippen LogP contribution in [0.2, 0.25) is 0 Å². The number of rotatable bonds is 6. The number of benzene rings is 2. The number of fused-ring (bicyclic) bond motifs is 1. The van der Waals surface area contributed by atoms with E-state index >= 15 is 0 Å². The molecule has 0 aliphatic heterocycles. The number of aromatic nitrogens is 3. The van der Waals surface area contributed by atoms with Gasteiger partial charge < -0.3 is 5.32 Å². The van der Waals surface area contributed by atoms with Crippen molar-refractivity contribution in [1.82, 2.24) is 19.9 Å². The maximum Gasteiger partial charge on any atom is 0.254 e. The Morgan fingerprint density at radius 1 is 1.10 bits per heavy atom. The van der Waals surface area contributed by atoms with Crippen LogP contribution in [0.5, 0.6) is 0 Å². The summed E-state index contributed by atoms with van der Waals surface area (Å²) in [6, 6.07) is 16.1. The van der Waals surface area contributed by atoms with Gasteiger partial charge in [-0.2, -0.15) is 5.10 Å². The van der Waals surface area contributed by atoms with Crippen LogP contribution in [0.15, 0.2) is 60.8 Å². The summed E-state index contributed by atoms with van der Waals surface area (Å²) in [5.41, 5.74) is 5.82. The second-order valence-electron chi connectivity index (χ2n) is 7.24. The molecular formula is C24H23FN4O. The second kappa shape index (κ2) is 8.45. The van der Waals surface area contributed by atoms with Crippen LogP contribution in [0.4, 0.5) is 4.39 Å². The molecule has 0 fully saturated rings. The van der Waals surface area contributed by atoms with Crippen molar-refractivity contribution in [3.8, 4) is 11.1 Å².